The molecular formula is C13H24N2O2. The van der Waals surface area contributed by atoms with Crippen molar-refractivity contribution >= 4 is 5.91 Å². The van der Waals surface area contributed by atoms with Crippen molar-refractivity contribution in [3.63, 3.8) is 0 Å². The Balaban J connectivity index is 1.93. The molecule has 98 valence electrons. The molecular weight excluding hydrogens is 216 g/mol. The Morgan fingerprint density at radius 2 is 2.29 bits per heavy atom. The average Bonchev–Trinajstić information content (AvgIpc) is 2.91. The molecule has 1 heterocycles. The molecule has 0 radical (unpaired) electrons. The van der Waals surface area contributed by atoms with Crippen LogP contribution in [-0.2, 0) is 4.79 Å². The maximum absolute atomic E-state index is 12.4. The molecule has 2 rings (SSSR count). The first-order chi connectivity index (χ1) is 8.27. The predicted molar refractivity (Wildman–Crippen MR) is 66.6 cm³/mol. The summed E-state index contributed by atoms with van der Waals surface area (Å²) >= 11 is 0. The fraction of sp³-hybridized carbons (Fsp3) is 0.923. The molecule has 0 spiro atoms. The summed E-state index contributed by atoms with van der Waals surface area (Å²) in [6.45, 7) is 4.61. The number of amides is 1. The Morgan fingerprint density at radius 3 is 3.00 bits per heavy atom. The molecule has 1 aliphatic heterocycles. The minimum atomic E-state index is 0.0427. The van der Waals surface area contributed by atoms with E-state index in [1.54, 1.807) is 0 Å². The third-order valence-corrected chi connectivity index (χ3v) is 4.29. The molecule has 0 aromatic heterocycles. The van der Waals surface area contributed by atoms with Crippen LogP contribution in [0, 0.1) is 11.8 Å². The Bertz CT molecular complexity index is 270. The van der Waals surface area contributed by atoms with Crippen LogP contribution in [-0.4, -0.2) is 48.2 Å². The molecule has 0 bridgehead atoms. The molecule has 1 aliphatic carbocycles. The summed E-state index contributed by atoms with van der Waals surface area (Å²) < 4.78 is 0. The van der Waals surface area contributed by atoms with Crippen LogP contribution in [0.1, 0.15) is 32.6 Å². The number of aliphatic hydroxyl groups is 1. The standard InChI is InChI=1S/C13H24N2O2/c1-2-15(7-4-8-16)13(17)12-11-6-3-5-10(11)9-14-12/h10-12,14,16H,2-9H2,1H3. The number of aliphatic hydroxyl groups excluding tert-OH is 1. The minimum absolute atomic E-state index is 0.0427. The van der Waals surface area contributed by atoms with Gasteiger partial charge < -0.3 is 15.3 Å². The van der Waals surface area contributed by atoms with E-state index in [4.69, 9.17) is 5.11 Å². The van der Waals surface area contributed by atoms with Crippen LogP contribution < -0.4 is 5.32 Å². The first kappa shape index (κ1) is 12.8. The Morgan fingerprint density at radius 1 is 1.47 bits per heavy atom. The molecule has 4 heteroatoms. The van der Waals surface area contributed by atoms with Crippen molar-refractivity contribution in [2.75, 3.05) is 26.2 Å². The van der Waals surface area contributed by atoms with Gasteiger partial charge in [0.1, 0.15) is 0 Å². The molecule has 0 aromatic rings. The summed E-state index contributed by atoms with van der Waals surface area (Å²) in [7, 11) is 0. The second-order valence-corrected chi connectivity index (χ2v) is 5.24. The van der Waals surface area contributed by atoms with E-state index < -0.39 is 0 Å². The van der Waals surface area contributed by atoms with Crippen LogP contribution in [0.2, 0.25) is 0 Å². The van der Waals surface area contributed by atoms with Gasteiger partial charge in [-0.1, -0.05) is 6.42 Å². The summed E-state index contributed by atoms with van der Waals surface area (Å²) in [5.41, 5.74) is 0. The fourth-order valence-electron chi connectivity index (χ4n) is 3.34. The smallest absolute Gasteiger partial charge is 0.239 e. The summed E-state index contributed by atoms with van der Waals surface area (Å²) in [6, 6.07) is 0.0427. The van der Waals surface area contributed by atoms with Crippen LogP contribution in [0.3, 0.4) is 0 Å². The van der Waals surface area contributed by atoms with Crippen molar-refractivity contribution in [3.05, 3.63) is 0 Å². The van der Waals surface area contributed by atoms with Crippen molar-refractivity contribution in [2.24, 2.45) is 11.8 Å². The van der Waals surface area contributed by atoms with Crippen LogP contribution in [0.5, 0.6) is 0 Å². The lowest BCUT2D eigenvalue weighted by atomic mass is 9.93. The second kappa shape index (κ2) is 5.83. The van der Waals surface area contributed by atoms with Crippen molar-refractivity contribution in [3.8, 4) is 0 Å². The van der Waals surface area contributed by atoms with Gasteiger partial charge in [0.25, 0.3) is 0 Å². The number of nitrogens with zero attached hydrogens (tertiary/aromatic N) is 1. The zero-order valence-electron chi connectivity index (χ0n) is 10.7. The Labute approximate surface area is 103 Å². The van der Waals surface area contributed by atoms with Gasteiger partial charge in [0.15, 0.2) is 0 Å². The first-order valence-electron chi connectivity index (χ1n) is 6.91. The van der Waals surface area contributed by atoms with E-state index in [2.05, 4.69) is 5.32 Å². The third-order valence-electron chi connectivity index (χ3n) is 4.29. The van der Waals surface area contributed by atoms with E-state index in [-0.39, 0.29) is 18.6 Å². The van der Waals surface area contributed by atoms with Gasteiger partial charge in [0.05, 0.1) is 6.04 Å². The molecule has 1 saturated heterocycles. The number of hydrogen-bond donors (Lipinski definition) is 2. The number of rotatable bonds is 5. The number of fused-ring (bicyclic) bond motifs is 1. The minimum Gasteiger partial charge on any atom is -0.396 e. The van der Waals surface area contributed by atoms with E-state index in [1.165, 1.54) is 19.3 Å². The van der Waals surface area contributed by atoms with E-state index in [9.17, 15) is 4.79 Å². The summed E-state index contributed by atoms with van der Waals surface area (Å²) in [5, 5.41) is 12.3. The average molecular weight is 240 g/mol. The lowest BCUT2D eigenvalue weighted by Gasteiger charge is -2.26. The van der Waals surface area contributed by atoms with E-state index in [1.807, 2.05) is 11.8 Å². The Kier molecular flexibility index (Phi) is 4.40. The highest BCUT2D eigenvalue weighted by Crippen LogP contribution is 2.38. The molecule has 1 saturated carbocycles. The highest BCUT2D eigenvalue weighted by molar-refractivity contribution is 5.82. The fourth-order valence-corrected chi connectivity index (χ4v) is 3.34. The zero-order valence-corrected chi connectivity index (χ0v) is 10.7. The van der Waals surface area contributed by atoms with Gasteiger partial charge in [-0.25, -0.2) is 0 Å². The van der Waals surface area contributed by atoms with Crippen LogP contribution in [0.15, 0.2) is 0 Å². The van der Waals surface area contributed by atoms with Crippen LogP contribution in [0.4, 0.5) is 0 Å². The number of carbonyl (C=O) groups excluding carboxylic acids is 1. The molecule has 4 nitrogen and oxygen atoms in total. The van der Waals surface area contributed by atoms with E-state index >= 15 is 0 Å². The van der Waals surface area contributed by atoms with Gasteiger partial charge in [-0.05, 0) is 44.6 Å². The number of hydrogen-bond acceptors (Lipinski definition) is 3. The maximum Gasteiger partial charge on any atom is 0.239 e. The molecule has 3 atom stereocenters. The quantitative estimate of drug-likeness (QED) is 0.740. The monoisotopic (exact) mass is 240 g/mol. The maximum atomic E-state index is 12.4. The van der Waals surface area contributed by atoms with Gasteiger partial charge in [-0.15, -0.1) is 0 Å². The van der Waals surface area contributed by atoms with Crippen molar-refractivity contribution < 1.29 is 9.90 Å². The zero-order chi connectivity index (χ0) is 12.3. The number of carbonyl (C=O) groups is 1. The number of nitrogens with one attached hydrogen (secondary N) is 1. The summed E-state index contributed by atoms with van der Waals surface area (Å²) in [6.07, 6.45) is 4.44. The molecule has 3 unspecified atom stereocenters. The van der Waals surface area contributed by atoms with Gasteiger partial charge in [0.2, 0.25) is 5.91 Å². The van der Waals surface area contributed by atoms with Crippen molar-refractivity contribution in [1.82, 2.24) is 10.2 Å². The second-order valence-electron chi connectivity index (χ2n) is 5.24. The van der Waals surface area contributed by atoms with Crippen LogP contribution >= 0.6 is 0 Å². The highest BCUT2D eigenvalue weighted by Gasteiger charge is 2.43. The topological polar surface area (TPSA) is 52.6 Å². The SMILES string of the molecule is CCN(CCCO)C(=O)C1NCC2CCCC21. The van der Waals surface area contributed by atoms with Crippen LogP contribution in [0.25, 0.3) is 0 Å². The van der Waals surface area contributed by atoms with Crippen molar-refractivity contribution in [2.45, 2.75) is 38.6 Å². The predicted octanol–water partition coefficient (Wildman–Crippen LogP) is 0.605. The summed E-state index contributed by atoms with van der Waals surface area (Å²) in [5.74, 6) is 1.53. The van der Waals surface area contributed by atoms with Gasteiger partial charge >= 0.3 is 0 Å². The molecule has 17 heavy (non-hydrogen) atoms. The highest BCUT2D eigenvalue weighted by atomic mass is 16.3. The number of likely N-dealkylation sites (N-methyl/N-ethyl adjacent to an activating group) is 1. The van der Waals surface area contributed by atoms with Crippen molar-refractivity contribution in [1.29, 1.82) is 0 Å². The lowest BCUT2D eigenvalue weighted by molar-refractivity contribution is -0.134. The van der Waals surface area contributed by atoms with E-state index in [0.717, 1.165) is 19.0 Å². The first-order valence-corrected chi connectivity index (χ1v) is 6.91. The molecule has 2 fully saturated rings. The normalized spacial score (nSPS) is 31.5. The van der Waals surface area contributed by atoms with Gasteiger partial charge in [-0.2, -0.15) is 0 Å². The lowest BCUT2D eigenvalue weighted by Crippen LogP contribution is -2.46. The van der Waals surface area contributed by atoms with Gasteiger partial charge in [-0.3, -0.25) is 4.79 Å². The Hall–Kier alpha value is -0.610. The molecule has 0 aromatic carbocycles. The summed E-state index contributed by atoms with van der Waals surface area (Å²) in [4.78, 5) is 14.3. The largest absolute Gasteiger partial charge is 0.396 e. The third kappa shape index (κ3) is 2.63. The molecule has 2 aliphatic rings. The molecule has 2 N–H and O–H groups in total. The van der Waals surface area contributed by atoms with E-state index in [0.29, 0.717) is 18.9 Å². The van der Waals surface area contributed by atoms with Gasteiger partial charge in [0, 0.05) is 19.7 Å². The molecule has 1 amide bonds.